The van der Waals surface area contributed by atoms with Gasteiger partial charge in [-0.1, -0.05) is 110 Å². The Morgan fingerprint density at radius 3 is 1.33 bits per heavy atom. The molecule has 0 spiro atoms. The fourth-order valence-electron chi connectivity index (χ4n) is 8.62. The third-order valence-electron chi connectivity index (χ3n) is 12.4. The summed E-state index contributed by atoms with van der Waals surface area (Å²) in [4.78, 5) is 49.4. The van der Waals surface area contributed by atoms with Crippen LogP contribution in [0.25, 0.3) is 22.1 Å². The van der Waals surface area contributed by atoms with E-state index in [2.05, 4.69) is 104 Å². The lowest BCUT2D eigenvalue weighted by Gasteiger charge is -2.28. The van der Waals surface area contributed by atoms with Crippen molar-refractivity contribution in [3.05, 3.63) is 166 Å². The first-order valence-corrected chi connectivity index (χ1v) is 27.5. The van der Waals surface area contributed by atoms with Gasteiger partial charge in [-0.05, 0) is 96.5 Å². The lowest BCUT2D eigenvalue weighted by atomic mass is 10.0. The average molecular weight is 1010 g/mol. The van der Waals surface area contributed by atoms with E-state index < -0.39 is 12.2 Å². The molecule has 2 aliphatic rings. The number of benzene rings is 4. The number of carbonyl (C=O) groups is 2. The van der Waals surface area contributed by atoms with Crippen molar-refractivity contribution in [2.24, 2.45) is 0 Å². The van der Waals surface area contributed by atoms with E-state index in [0.717, 1.165) is 86.1 Å². The molecule has 0 saturated heterocycles. The van der Waals surface area contributed by atoms with E-state index in [-0.39, 0.29) is 0 Å². The van der Waals surface area contributed by atoms with Gasteiger partial charge < -0.3 is 10.2 Å². The van der Waals surface area contributed by atoms with Gasteiger partial charge in [-0.15, -0.1) is 23.5 Å². The van der Waals surface area contributed by atoms with Crippen molar-refractivity contribution in [3.63, 3.8) is 0 Å². The maximum Gasteiger partial charge on any atom is 0.418 e. The number of imidazole rings is 2. The minimum absolute atomic E-state index is 0.471. The van der Waals surface area contributed by atoms with Crippen LogP contribution in [-0.2, 0) is 37.4 Å². The van der Waals surface area contributed by atoms with Crippen LogP contribution < -0.4 is 0 Å². The molecule has 12 nitrogen and oxygen atoms in total. The van der Waals surface area contributed by atoms with Crippen LogP contribution >= 0.6 is 47.0 Å². The SMILES string of the molecule is CC.Cc1c(SCCN2CCc3ccccc3C2)ccnc1CSc1nc2ccccc2n1C(=O)O.Cc1c(SCCN2CCc3ccccc3C2)ccnc1CSc1nc2ccccc2n1C(=O)O. The molecule has 70 heavy (non-hydrogen) atoms. The highest BCUT2D eigenvalue weighted by molar-refractivity contribution is 7.99. The molecule has 0 fully saturated rings. The summed E-state index contributed by atoms with van der Waals surface area (Å²) in [6.45, 7) is 14.6. The van der Waals surface area contributed by atoms with E-state index in [0.29, 0.717) is 43.9 Å². The van der Waals surface area contributed by atoms with Crippen LogP contribution in [0.5, 0.6) is 0 Å². The standard InChI is InChI=1S/2C26H26N4O2S2.C2H6/c2*1-18-22(17-34-25-28-21-8-4-5-9-23(21)30(25)26(31)32)27-12-10-24(18)33-15-14-29-13-11-19-6-2-3-7-20(19)16-29;1-2/h2*2-10,12H,11,13-17H2,1H3,(H,31,32);1-2H3. The number of hydrogen-bond donors (Lipinski definition) is 2. The second-order valence-corrected chi connectivity index (χ2v) is 20.8. The van der Waals surface area contributed by atoms with Crippen LogP contribution in [0.2, 0.25) is 0 Å². The Morgan fingerprint density at radius 2 is 0.914 bits per heavy atom. The zero-order valence-electron chi connectivity index (χ0n) is 40.0. The van der Waals surface area contributed by atoms with Crippen molar-refractivity contribution in [3.8, 4) is 0 Å². The zero-order valence-corrected chi connectivity index (χ0v) is 43.2. The Morgan fingerprint density at radius 1 is 0.529 bits per heavy atom. The molecular weight excluding hydrogens is 953 g/mol. The van der Waals surface area contributed by atoms with E-state index in [1.165, 1.54) is 64.7 Å². The second kappa shape index (κ2) is 24.5. The molecule has 0 bridgehead atoms. The second-order valence-electron chi connectivity index (χ2n) is 16.6. The highest BCUT2D eigenvalue weighted by Gasteiger charge is 2.21. The number of hydrogen-bond acceptors (Lipinski definition) is 12. The van der Waals surface area contributed by atoms with Crippen molar-refractivity contribution < 1.29 is 19.8 Å². The number of para-hydroxylation sites is 4. The van der Waals surface area contributed by atoms with E-state index >= 15 is 0 Å². The minimum Gasteiger partial charge on any atom is -0.464 e. The van der Waals surface area contributed by atoms with Crippen molar-refractivity contribution in [1.29, 1.82) is 0 Å². The largest absolute Gasteiger partial charge is 0.464 e. The van der Waals surface area contributed by atoms with E-state index in [1.807, 2.05) is 86.2 Å². The van der Waals surface area contributed by atoms with Crippen molar-refractivity contribution in [1.82, 2.24) is 38.9 Å². The fraction of sp³-hybridized carbons (Fsp3) is 0.296. The van der Waals surface area contributed by atoms with Crippen molar-refractivity contribution in [2.45, 2.75) is 85.2 Å². The number of rotatable bonds is 14. The number of carboxylic acid groups (broad SMARTS) is 2. The lowest BCUT2D eigenvalue weighted by Crippen LogP contribution is -2.32. The summed E-state index contributed by atoms with van der Waals surface area (Å²) in [5, 5.41) is 20.3. The van der Waals surface area contributed by atoms with Gasteiger partial charge in [0.1, 0.15) is 0 Å². The summed E-state index contributed by atoms with van der Waals surface area (Å²) >= 11 is 6.54. The van der Waals surface area contributed by atoms with Crippen LogP contribution in [0.15, 0.2) is 142 Å². The van der Waals surface area contributed by atoms with Gasteiger partial charge >= 0.3 is 12.2 Å². The summed E-state index contributed by atoms with van der Waals surface area (Å²) in [6, 6.07) is 36.2. The third-order valence-corrected chi connectivity index (χ3v) is 16.6. The first-order chi connectivity index (χ1) is 34.2. The van der Waals surface area contributed by atoms with Gasteiger partial charge in [-0.25, -0.2) is 28.7 Å². The number of nitrogens with zero attached hydrogens (tertiary/aromatic N) is 8. The van der Waals surface area contributed by atoms with E-state index in [1.54, 1.807) is 12.1 Å². The average Bonchev–Trinajstić information content (AvgIpc) is 3.96. The van der Waals surface area contributed by atoms with Gasteiger partial charge in [0.2, 0.25) is 0 Å². The Balaban J connectivity index is 0.000000182. The van der Waals surface area contributed by atoms with E-state index in [4.69, 9.17) is 0 Å². The van der Waals surface area contributed by atoms with Crippen LogP contribution in [-0.4, -0.2) is 99.0 Å². The number of thioether (sulfide) groups is 4. The monoisotopic (exact) mass is 1010 g/mol. The van der Waals surface area contributed by atoms with Gasteiger partial charge in [0.25, 0.3) is 0 Å². The normalized spacial score (nSPS) is 13.5. The Labute approximate surface area is 426 Å². The van der Waals surface area contributed by atoms with Crippen molar-refractivity contribution >= 4 is 81.3 Å². The molecule has 0 aliphatic carbocycles. The number of pyridine rings is 2. The highest BCUT2D eigenvalue weighted by atomic mass is 32.2. The quantitative estimate of drug-likeness (QED) is 0.0998. The predicted octanol–water partition coefficient (Wildman–Crippen LogP) is 12.4. The van der Waals surface area contributed by atoms with Crippen molar-refractivity contribution in [2.75, 3.05) is 37.7 Å². The molecular formula is C54H58N8O4S4. The highest BCUT2D eigenvalue weighted by Crippen LogP contribution is 2.33. The summed E-state index contributed by atoms with van der Waals surface area (Å²) < 4.78 is 2.51. The minimum atomic E-state index is -1.02. The van der Waals surface area contributed by atoms with E-state index in [9.17, 15) is 19.8 Å². The first-order valence-electron chi connectivity index (χ1n) is 23.6. The molecule has 0 unspecified atom stereocenters. The van der Waals surface area contributed by atoms with Gasteiger partial charge in [0, 0.05) is 84.5 Å². The molecule has 2 aliphatic heterocycles. The molecule has 0 radical (unpaired) electrons. The third kappa shape index (κ3) is 12.3. The maximum atomic E-state index is 11.8. The van der Waals surface area contributed by atoms with Crippen LogP contribution in [0, 0.1) is 13.8 Å². The molecule has 10 rings (SSSR count). The Hall–Kier alpha value is -5.62. The summed E-state index contributed by atoms with van der Waals surface area (Å²) in [5.74, 6) is 3.18. The maximum absolute atomic E-state index is 11.8. The Bertz CT molecular complexity index is 2880. The molecule has 6 heterocycles. The smallest absolute Gasteiger partial charge is 0.418 e. The summed E-state index contributed by atoms with van der Waals surface area (Å²) in [6.07, 6.45) is 3.90. The van der Waals surface area contributed by atoms with Crippen LogP contribution in [0.1, 0.15) is 58.6 Å². The molecule has 8 aromatic rings. The zero-order chi connectivity index (χ0) is 49.0. The summed E-state index contributed by atoms with van der Waals surface area (Å²) in [5.41, 5.74) is 12.7. The topological polar surface area (TPSA) is 142 Å². The number of fused-ring (bicyclic) bond motifs is 4. The predicted molar refractivity (Wildman–Crippen MR) is 287 cm³/mol. The molecule has 16 heteroatoms. The van der Waals surface area contributed by atoms with Crippen LogP contribution in [0.3, 0.4) is 0 Å². The Kier molecular flexibility index (Phi) is 17.7. The van der Waals surface area contributed by atoms with Gasteiger partial charge in [-0.3, -0.25) is 19.8 Å². The first kappa shape index (κ1) is 50.8. The molecule has 2 N–H and O–H groups in total. The number of aromatic nitrogens is 6. The van der Waals surface area contributed by atoms with Gasteiger partial charge in [-0.2, -0.15) is 0 Å². The van der Waals surface area contributed by atoms with Gasteiger partial charge in [0.15, 0.2) is 10.3 Å². The lowest BCUT2D eigenvalue weighted by molar-refractivity contribution is 0.194. The molecule has 0 saturated carbocycles. The molecule has 0 atom stereocenters. The molecule has 4 aromatic heterocycles. The fourth-order valence-corrected chi connectivity index (χ4v) is 12.8. The summed E-state index contributed by atoms with van der Waals surface area (Å²) in [7, 11) is 0. The van der Waals surface area contributed by atoms with Crippen LogP contribution in [0.4, 0.5) is 9.59 Å². The molecule has 4 aromatic carbocycles. The van der Waals surface area contributed by atoms with Gasteiger partial charge in [0.05, 0.1) is 33.5 Å². The molecule has 362 valence electrons. The molecule has 0 amide bonds.